The SMILES string of the molecule is CC[C@@]1(O)C(=O)OCc2c1cc1n(c2=O)Cc2c-1nc1cc(F)c(Cl)c3c1c2[C@@H](NC(=O)C1(C(C)(C)C)CC1)CC3. The molecule has 4 aliphatic rings. The second kappa shape index (κ2) is 8.38. The van der Waals surface area contributed by atoms with Gasteiger partial charge in [0.2, 0.25) is 5.91 Å². The average Bonchev–Trinajstić information content (AvgIpc) is 3.68. The Hall–Kier alpha value is -3.30. The van der Waals surface area contributed by atoms with E-state index < -0.39 is 22.8 Å². The topological polar surface area (TPSA) is 111 Å². The Morgan fingerprint density at radius 3 is 2.63 bits per heavy atom. The number of hydrogen-bond acceptors (Lipinski definition) is 6. The third-order valence-electron chi connectivity index (χ3n) is 9.97. The first-order valence-electron chi connectivity index (χ1n) is 14.1. The number of aryl methyl sites for hydroxylation is 1. The molecular formula is C31H31ClFN3O5. The van der Waals surface area contributed by atoms with Crippen molar-refractivity contribution in [3.8, 4) is 11.4 Å². The maximum absolute atomic E-state index is 15.0. The lowest BCUT2D eigenvalue weighted by atomic mass is 9.76. The van der Waals surface area contributed by atoms with Crippen molar-refractivity contribution < 1.29 is 23.8 Å². The molecule has 2 aliphatic heterocycles. The molecule has 0 radical (unpaired) electrons. The number of ether oxygens (including phenoxy) is 1. The minimum absolute atomic E-state index is 0.00261. The molecule has 1 saturated carbocycles. The van der Waals surface area contributed by atoms with E-state index in [-0.39, 0.29) is 58.6 Å². The van der Waals surface area contributed by atoms with Gasteiger partial charge in [0.05, 0.1) is 45.5 Å². The van der Waals surface area contributed by atoms with Gasteiger partial charge in [-0.25, -0.2) is 14.2 Å². The lowest BCUT2D eigenvalue weighted by Gasteiger charge is -2.34. The van der Waals surface area contributed by atoms with E-state index in [0.717, 1.165) is 24.0 Å². The number of carbonyl (C=O) groups is 2. The first kappa shape index (κ1) is 26.6. The van der Waals surface area contributed by atoms with Gasteiger partial charge < -0.3 is 19.7 Å². The van der Waals surface area contributed by atoms with Crippen LogP contribution in [0, 0.1) is 16.6 Å². The molecule has 7 rings (SSSR count). The van der Waals surface area contributed by atoms with Crippen LogP contribution < -0.4 is 10.9 Å². The van der Waals surface area contributed by atoms with E-state index >= 15 is 4.39 Å². The number of halogens is 2. The number of aromatic nitrogens is 2. The third-order valence-corrected chi connectivity index (χ3v) is 10.4. The molecule has 2 N–H and O–H groups in total. The van der Waals surface area contributed by atoms with Gasteiger partial charge in [-0.05, 0) is 54.7 Å². The Morgan fingerprint density at radius 1 is 1.24 bits per heavy atom. The summed E-state index contributed by atoms with van der Waals surface area (Å²) in [6.07, 6.45) is 2.66. The quantitative estimate of drug-likeness (QED) is 0.337. The van der Waals surface area contributed by atoms with Crippen LogP contribution in [0.1, 0.15) is 87.2 Å². The van der Waals surface area contributed by atoms with E-state index in [2.05, 4.69) is 26.1 Å². The van der Waals surface area contributed by atoms with Crippen LogP contribution in [0.4, 0.5) is 4.39 Å². The summed E-state index contributed by atoms with van der Waals surface area (Å²) in [5, 5.41) is 15.3. The first-order chi connectivity index (χ1) is 19.3. The number of amides is 1. The van der Waals surface area contributed by atoms with Gasteiger partial charge in [0, 0.05) is 22.6 Å². The molecule has 0 bridgehead atoms. The molecule has 1 aromatic carbocycles. The molecule has 1 amide bonds. The lowest BCUT2D eigenvalue weighted by Crippen LogP contribution is -2.44. The number of cyclic esters (lactones) is 1. The van der Waals surface area contributed by atoms with Gasteiger partial charge >= 0.3 is 5.97 Å². The molecular weight excluding hydrogens is 549 g/mol. The molecule has 8 nitrogen and oxygen atoms in total. The maximum atomic E-state index is 15.0. The molecule has 4 heterocycles. The van der Waals surface area contributed by atoms with Crippen molar-refractivity contribution in [1.29, 1.82) is 0 Å². The molecule has 3 aromatic rings. The molecule has 0 spiro atoms. The van der Waals surface area contributed by atoms with Crippen molar-refractivity contribution in [2.45, 2.75) is 84.6 Å². The highest BCUT2D eigenvalue weighted by atomic mass is 35.5. The number of nitrogens with one attached hydrogen (secondary N) is 1. The van der Waals surface area contributed by atoms with Gasteiger partial charge in [0.1, 0.15) is 12.4 Å². The van der Waals surface area contributed by atoms with Crippen molar-refractivity contribution in [3.05, 3.63) is 61.1 Å². The minimum Gasteiger partial charge on any atom is -0.458 e. The van der Waals surface area contributed by atoms with Crippen LogP contribution in [0.15, 0.2) is 16.9 Å². The number of carbonyl (C=O) groups excluding carboxylic acids is 2. The van der Waals surface area contributed by atoms with Crippen molar-refractivity contribution in [3.63, 3.8) is 0 Å². The lowest BCUT2D eigenvalue weighted by molar-refractivity contribution is -0.172. The fourth-order valence-corrected chi connectivity index (χ4v) is 7.48. The number of pyridine rings is 2. The summed E-state index contributed by atoms with van der Waals surface area (Å²) in [6, 6.07) is 2.55. The second-order valence-electron chi connectivity index (χ2n) is 12.9. The van der Waals surface area contributed by atoms with Crippen LogP contribution in [0.2, 0.25) is 5.02 Å². The van der Waals surface area contributed by atoms with Crippen LogP contribution in [0.25, 0.3) is 22.3 Å². The summed E-state index contributed by atoms with van der Waals surface area (Å²) in [4.78, 5) is 44.9. The predicted molar refractivity (Wildman–Crippen MR) is 150 cm³/mol. The molecule has 1 fully saturated rings. The highest BCUT2D eigenvalue weighted by Crippen LogP contribution is 2.59. The monoisotopic (exact) mass is 579 g/mol. The first-order valence-corrected chi connectivity index (χ1v) is 14.5. The van der Waals surface area contributed by atoms with Crippen LogP contribution in [0.5, 0.6) is 0 Å². The number of fused-ring (bicyclic) bond motifs is 5. The number of benzene rings is 1. The zero-order chi connectivity index (χ0) is 29.2. The molecule has 0 saturated heterocycles. The summed E-state index contributed by atoms with van der Waals surface area (Å²) in [7, 11) is 0. The summed E-state index contributed by atoms with van der Waals surface area (Å²) >= 11 is 6.47. The second-order valence-corrected chi connectivity index (χ2v) is 13.3. The van der Waals surface area contributed by atoms with Crippen molar-refractivity contribution in [1.82, 2.24) is 14.9 Å². The number of aliphatic hydroxyl groups is 1. The molecule has 0 unspecified atom stereocenters. The molecule has 41 heavy (non-hydrogen) atoms. The third kappa shape index (κ3) is 3.42. The van der Waals surface area contributed by atoms with Gasteiger partial charge in [0.15, 0.2) is 5.60 Å². The number of esters is 1. The summed E-state index contributed by atoms with van der Waals surface area (Å²) in [6.45, 7) is 7.84. The Kier molecular flexibility index (Phi) is 5.44. The largest absolute Gasteiger partial charge is 0.458 e. The van der Waals surface area contributed by atoms with E-state index in [9.17, 15) is 19.5 Å². The zero-order valence-corrected chi connectivity index (χ0v) is 24.2. The van der Waals surface area contributed by atoms with Gasteiger partial charge in [-0.2, -0.15) is 0 Å². The molecule has 2 atom stereocenters. The molecule has 2 aromatic heterocycles. The molecule has 2 aliphatic carbocycles. The van der Waals surface area contributed by atoms with E-state index in [1.807, 2.05) is 0 Å². The van der Waals surface area contributed by atoms with Crippen molar-refractivity contribution >= 4 is 34.4 Å². The van der Waals surface area contributed by atoms with E-state index in [1.165, 1.54) is 6.07 Å². The summed E-state index contributed by atoms with van der Waals surface area (Å²) < 4.78 is 21.8. The Balaban J connectivity index is 1.45. The van der Waals surface area contributed by atoms with Crippen molar-refractivity contribution in [2.75, 3.05) is 0 Å². The Labute approximate surface area is 240 Å². The van der Waals surface area contributed by atoms with Gasteiger partial charge in [-0.1, -0.05) is 39.3 Å². The van der Waals surface area contributed by atoms with E-state index in [4.69, 9.17) is 21.3 Å². The van der Waals surface area contributed by atoms with E-state index in [1.54, 1.807) is 17.6 Å². The predicted octanol–water partition coefficient (Wildman–Crippen LogP) is 4.80. The fraction of sp³-hybridized carbons (Fsp3) is 0.484. The summed E-state index contributed by atoms with van der Waals surface area (Å²) in [5.41, 5.74) is 0.940. The number of hydrogen-bond donors (Lipinski definition) is 2. The van der Waals surface area contributed by atoms with Gasteiger partial charge in [-0.3, -0.25) is 9.59 Å². The average molecular weight is 580 g/mol. The standard InChI is InChI=1S/C31H31ClFN3O5/c1-5-31(40)17-10-21-25-15(12-36(21)26(37)16(17)13-41-28(31)39)23-19(35-27(38)30(8-9-30)29(2,3)4)7-6-14-22(23)20(34-25)11-18(33)24(14)32/h10-11,19,40H,5-9,12-13H2,1-4H3,(H,35,38)/t19-,31-/m0/s1. The number of nitrogens with zero attached hydrogens (tertiary/aromatic N) is 2. The van der Waals surface area contributed by atoms with Gasteiger partial charge in [-0.15, -0.1) is 0 Å². The Bertz CT molecular complexity index is 1790. The van der Waals surface area contributed by atoms with E-state index in [0.29, 0.717) is 40.7 Å². The Morgan fingerprint density at radius 2 is 1.98 bits per heavy atom. The fourth-order valence-electron chi connectivity index (χ4n) is 7.24. The highest BCUT2D eigenvalue weighted by molar-refractivity contribution is 6.32. The van der Waals surface area contributed by atoms with Crippen LogP contribution in [0.3, 0.4) is 0 Å². The zero-order valence-electron chi connectivity index (χ0n) is 23.4. The van der Waals surface area contributed by atoms with Crippen LogP contribution >= 0.6 is 11.6 Å². The molecule has 10 heteroatoms. The normalized spacial score (nSPS) is 23.5. The molecule has 214 valence electrons. The van der Waals surface area contributed by atoms with Crippen LogP contribution in [-0.2, 0) is 39.5 Å². The maximum Gasteiger partial charge on any atom is 0.343 e. The highest BCUT2D eigenvalue weighted by Gasteiger charge is 2.58. The van der Waals surface area contributed by atoms with Crippen molar-refractivity contribution in [2.24, 2.45) is 10.8 Å². The minimum atomic E-state index is -1.95. The van der Waals surface area contributed by atoms with Crippen LogP contribution in [-0.4, -0.2) is 26.5 Å². The number of rotatable bonds is 3. The summed E-state index contributed by atoms with van der Waals surface area (Å²) in [5.74, 6) is -1.38. The van der Waals surface area contributed by atoms with Gasteiger partial charge in [0.25, 0.3) is 5.56 Å². The smallest absolute Gasteiger partial charge is 0.343 e.